The number of hydrogen-bond acceptors (Lipinski definition) is 2. The Morgan fingerprint density at radius 3 is 2.59 bits per heavy atom. The molecule has 2 nitrogen and oxygen atoms in total. The van der Waals surface area contributed by atoms with Crippen molar-refractivity contribution in [3.05, 3.63) is 65.5 Å². The summed E-state index contributed by atoms with van der Waals surface area (Å²) in [5.41, 5.74) is 1.16. The van der Waals surface area contributed by atoms with Crippen LogP contribution < -0.4 is 4.90 Å². The molecule has 0 fully saturated rings. The monoisotopic (exact) mass is 291 g/mol. The van der Waals surface area contributed by atoms with Gasteiger partial charge in [-0.3, -0.25) is 0 Å². The smallest absolute Gasteiger partial charge is 0.123 e. The molecule has 1 heterocycles. The molecule has 0 atom stereocenters. The summed E-state index contributed by atoms with van der Waals surface area (Å²) >= 11 is 3.44. The number of benzene rings is 1. The van der Waals surface area contributed by atoms with E-state index >= 15 is 0 Å². The van der Waals surface area contributed by atoms with Gasteiger partial charge in [0.05, 0.1) is 12.8 Å². The van der Waals surface area contributed by atoms with Crippen molar-refractivity contribution in [2.75, 3.05) is 11.4 Å². The van der Waals surface area contributed by atoms with Crippen molar-refractivity contribution in [3.8, 4) is 0 Å². The molecule has 0 saturated heterocycles. The second kappa shape index (κ2) is 5.73. The van der Waals surface area contributed by atoms with Crippen molar-refractivity contribution >= 4 is 21.6 Å². The molecule has 0 amide bonds. The van der Waals surface area contributed by atoms with Crippen LogP contribution in [0.2, 0.25) is 0 Å². The molecule has 2 aromatic rings. The molecule has 1 aromatic carbocycles. The van der Waals surface area contributed by atoms with E-state index < -0.39 is 0 Å². The third-order valence-corrected chi connectivity index (χ3v) is 3.00. The minimum Gasteiger partial charge on any atom is -0.467 e. The van der Waals surface area contributed by atoms with Crippen LogP contribution in [0.15, 0.2) is 64.2 Å². The maximum absolute atomic E-state index is 5.37. The van der Waals surface area contributed by atoms with Gasteiger partial charge in [-0.1, -0.05) is 22.0 Å². The Kier molecular flexibility index (Phi) is 4.04. The highest BCUT2D eigenvalue weighted by Gasteiger charge is 2.07. The molecule has 0 saturated carbocycles. The molecule has 0 bridgehead atoms. The van der Waals surface area contributed by atoms with Crippen LogP contribution in [0.25, 0.3) is 0 Å². The van der Waals surface area contributed by atoms with Crippen LogP contribution in [0.1, 0.15) is 5.76 Å². The van der Waals surface area contributed by atoms with Crippen molar-refractivity contribution in [2.45, 2.75) is 6.54 Å². The lowest BCUT2D eigenvalue weighted by molar-refractivity contribution is 0.505. The molecule has 3 heteroatoms. The molecule has 0 unspecified atom stereocenters. The van der Waals surface area contributed by atoms with Crippen LogP contribution in [-0.4, -0.2) is 6.54 Å². The van der Waals surface area contributed by atoms with E-state index in [1.807, 2.05) is 30.3 Å². The molecular weight excluding hydrogens is 278 g/mol. The fourth-order valence-electron chi connectivity index (χ4n) is 1.66. The predicted molar refractivity (Wildman–Crippen MR) is 74.1 cm³/mol. The number of rotatable bonds is 5. The van der Waals surface area contributed by atoms with Crippen molar-refractivity contribution in [1.29, 1.82) is 0 Å². The largest absolute Gasteiger partial charge is 0.467 e. The fourth-order valence-corrected chi connectivity index (χ4v) is 1.92. The minimum atomic E-state index is 0.751. The van der Waals surface area contributed by atoms with E-state index in [1.165, 1.54) is 0 Å². The predicted octanol–water partition coefficient (Wildman–Crippen LogP) is 4.23. The fraction of sp³-hybridized carbons (Fsp3) is 0.143. The maximum atomic E-state index is 5.37. The van der Waals surface area contributed by atoms with Gasteiger partial charge in [0.15, 0.2) is 0 Å². The molecule has 0 radical (unpaired) electrons. The molecule has 0 aliphatic carbocycles. The van der Waals surface area contributed by atoms with E-state index in [0.29, 0.717) is 0 Å². The van der Waals surface area contributed by atoms with Gasteiger partial charge in [0.2, 0.25) is 0 Å². The third kappa shape index (κ3) is 3.24. The Labute approximate surface area is 110 Å². The molecule has 0 N–H and O–H groups in total. The van der Waals surface area contributed by atoms with Crippen LogP contribution in [0.5, 0.6) is 0 Å². The van der Waals surface area contributed by atoms with Crippen LogP contribution >= 0.6 is 15.9 Å². The van der Waals surface area contributed by atoms with Crippen LogP contribution in [0.3, 0.4) is 0 Å². The summed E-state index contributed by atoms with van der Waals surface area (Å²) in [6.45, 7) is 5.34. The van der Waals surface area contributed by atoms with Crippen LogP contribution in [0, 0.1) is 0 Å². The molecule has 2 rings (SSSR count). The van der Waals surface area contributed by atoms with Crippen LogP contribution in [0.4, 0.5) is 5.69 Å². The number of hydrogen-bond donors (Lipinski definition) is 0. The average Bonchev–Trinajstić information content (AvgIpc) is 2.82. The van der Waals surface area contributed by atoms with Crippen molar-refractivity contribution in [1.82, 2.24) is 0 Å². The molecule has 1 aromatic heterocycles. The van der Waals surface area contributed by atoms with Gasteiger partial charge < -0.3 is 9.32 Å². The van der Waals surface area contributed by atoms with Crippen molar-refractivity contribution in [3.63, 3.8) is 0 Å². The average molecular weight is 292 g/mol. The first-order chi connectivity index (χ1) is 8.29. The minimum absolute atomic E-state index is 0.751. The summed E-state index contributed by atoms with van der Waals surface area (Å²) in [4.78, 5) is 2.21. The second-order valence-corrected chi connectivity index (χ2v) is 4.64. The topological polar surface area (TPSA) is 16.4 Å². The summed E-state index contributed by atoms with van der Waals surface area (Å²) in [6.07, 6.45) is 3.59. The molecular formula is C14H14BrNO. The van der Waals surface area contributed by atoms with Crippen molar-refractivity contribution < 1.29 is 4.42 Å². The van der Waals surface area contributed by atoms with Gasteiger partial charge in [-0.2, -0.15) is 0 Å². The highest BCUT2D eigenvalue weighted by molar-refractivity contribution is 9.10. The van der Waals surface area contributed by atoms with E-state index in [1.54, 1.807) is 6.26 Å². The lowest BCUT2D eigenvalue weighted by Crippen LogP contribution is -2.22. The van der Waals surface area contributed by atoms with E-state index in [-0.39, 0.29) is 0 Å². The lowest BCUT2D eigenvalue weighted by atomic mass is 10.2. The number of furan rings is 1. The van der Waals surface area contributed by atoms with E-state index in [0.717, 1.165) is 29.0 Å². The summed E-state index contributed by atoms with van der Waals surface area (Å²) in [5, 5.41) is 0. The zero-order valence-corrected chi connectivity index (χ0v) is 11.1. The van der Waals surface area contributed by atoms with Gasteiger partial charge in [0, 0.05) is 16.7 Å². The number of halogens is 1. The lowest BCUT2D eigenvalue weighted by Gasteiger charge is -2.22. The van der Waals surface area contributed by atoms with E-state index in [2.05, 4.69) is 39.5 Å². The quantitative estimate of drug-likeness (QED) is 0.767. The number of nitrogens with zero attached hydrogens (tertiary/aromatic N) is 1. The Balaban J connectivity index is 2.16. The summed E-state index contributed by atoms with van der Waals surface area (Å²) < 4.78 is 6.45. The zero-order chi connectivity index (χ0) is 12.1. The summed E-state index contributed by atoms with van der Waals surface area (Å²) in [7, 11) is 0. The highest BCUT2D eigenvalue weighted by atomic mass is 79.9. The standard InChI is InChI=1S/C14H14BrNO/c1-2-9-16(11-14-4-3-10-17-14)13-7-5-12(15)6-8-13/h2-8,10H,1,9,11H2. The second-order valence-electron chi connectivity index (χ2n) is 3.72. The summed E-state index contributed by atoms with van der Waals surface area (Å²) in [5.74, 6) is 0.953. The third-order valence-electron chi connectivity index (χ3n) is 2.47. The Hall–Kier alpha value is -1.48. The van der Waals surface area contributed by atoms with Gasteiger partial charge in [-0.25, -0.2) is 0 Å². The van der Waals surface area contributed by atoms with E-state index in [9.17, 15) is 0 Å². The van der Waals surface area contributed by atoms with Gasteiger partial charge >= 0.3 is 0 Å². The first-order valence-corrected chi connectivity index (χ1v) is 6.22. The van der Waals surface area contributed by atoms with Gasteiger partial charge in [-0.15, -0.1) is 6.58 Å². The molecule has 88 valence electrons. The highest BCUT2D eigenvalue weighted by Crippen LogP contribution is 2.20. The Morgan fingerprint density at radius 2 is 2.00 bits per heavy atom. The Morgan fingerprint density at radius 1 is 1.24 bits per heavy atom. The van der Waals surface area contributed by atoms with Gasteiger partial charge in [0.1, 0.15) is 5.76 Å². The first kappa shape index (κ1) is 12.0. The van der Waals surface area contributed by atoms with Crippen LogP contribution in [-0.2, 0) is 6.54 Å². The Bertz CT molecular complexity index is 461. The molecule has 0 aliphatic rings. The summed E-state index contributed by atoms with van der Waals surface area (Å²) in [6, 6.07) is 12.1. The molecule has 17 heavy (non-hydrogen) atoms. The SMILES string of the molecule is C=CCN(Cc1ccco1)c1ccc(Br)cc1. The van der Waals surface area contributed by atoms with Crippen molar-refractivity contribution in [2.24, 2.45) is 0 Å². The van der Waals surface area contributed by atoms with Gasteiger partial charge in [0.25, 0.3) is 0 Å². The number of anilines is 1. The van der Waals surface area contributed by atoms with Gasteiger partial charge in [-0.05, 0) is 36.4 Å². The molecule has 0 spiro atoms. The van der Waals surface area contributed by atoms with E-state index in [4.69, 9.17) is 4.42 Å². The maximum Gasteiger partial charge on any atom is 0.123 e. The first-order valence-electron chi connectivity index (χ1n) is 5.43. The normalized spacial score (nSPS) is 10.2. The molecule has 0 aliphatic heterocycles. The zero-order valence-electron chi connectivity index (χ0n) is 9.47.